The van der Waals surface area contributed by atoms with Crippen LogP contribution >= 0.6 is 11.3 Å². The van der Waals surface area contributed by atoms with Gasteiger partial charge < -0.3 is 5.32 Å². The third-order valence-electron chi connectivity index (χ3n) is 3.14. The van der Waals surface area contributed by atoms with Crippen molar-refractivity contribution in [2.24, 2.45) is 0 Å². The Kier molecular flexibility index (Phi) is 3.97. The molecular weight excluding hydrogens is 226 g/mol. The Balaban J connectivity index is 2.18. The van der Waals surface area contributed by atoms with Crippen molar-refractivity contribution in [1.82, 2.24) is 5.32 Å². The van der Waals surface area contributed by atoms with E-state index < -0.39 is 0 Å². The Morgan fingerprint density at radius 2 is 1.88 bits per heavy atom. The number of hydrogen-bond acceptors (Lipinski definition) is 2. The molecular formula is C15H19NS. The van der Waals surface area contributed by atoms with Crippen molar-refractivity contribution in [2.45, 2.75) is 26.3 Å². The van der Waals surface area contributed by atoms with Gasteiger partial charge in [-0.05, 0) is 50.6 Å². The van der Waals surface area contributed by atoms with Crippen LogP contribution in [0.25, 0.3) is 0 Å². The lowest BCUT2D eigenvalue weighted by molar-refractivity contribution is 0.600. The zero-order chi connectivity index (χ0) is 12.3. The minimum atomic E-state index is 0.426. The Bertz CT molecular complexity index is 487. The van der Waals surface area contributed by atoms with Gasteiger partial charge in [-0.25, -0.2) is 0 Å². The molecule has 2 heteroatoms. The van der Waals surface area contributed by atoms with E-state index in [0.717, 1.165) is 6.42 Å². The quantitative estimate of drug-likeness (QED) is 0.862. The predicted molar refractivity (Wildman–Crippen MR) is 75.7 cm³/mol. The highest BCUT2D eigenvalue weighted by atomic mass is 32.1. The first-order chi connectivity index (χ1) is 8.20. The van der Waals surface area contributed by atoms with Crippen molar-refractivity contribution in [3.8, 4) is 0 Å². The summed E-state index contributed by atoms with van der Waals surface area (Å²) < 4.78 is 0. The lowest BCUT2D eigenvalue weighted by Crippen LogP contribution is -2.18. The summed E-state index contributed by atoms with van der Waals surface area (Å²) in [5, 5.41) is 3.42. The van der Waals surface area contributed by atoms with Crippen LogP contribution in [0.3, 0.4) is 0 Å². The second kappa shape index (κ2) is 5.48. The monoisotopic (exact) mass is 245 g/mol. The molecule has 0 spiro atoms. The Morgan fingerprint density at radius 1 is 1.12 bits per heavy atom. The van der Waals surface area contributed by atoms with E-state index in [9.17, 15) is 0 Å². The van der Waals surface area contributed by atoms with E-state index in [0.29, 0.717) is 6.04 Å². The molecule has 0 bridgehead atoms. The molecule has 90 valence electrons. The molecule has 1 heterocycles. The summed E-state index contributed by atoms with van der Waals surface area (Å²) >= 11 is 1.88. The number of rotatable bonds is 4. The van der Waals surface area contributed by atoms with Gasteiger partial charge in [0.25, 0.3) is 0 Å². The maximum Gasteiger partial charge on any atom is 0.0453 e. The van der Waals surface area contributed by atoms with Crippen LogP contribution in [0.5, 0.6) is 0 Å². The molecule has 2 aromatic rings. The fourth-order valence-electron chi connectivity index (χ4n) is 2.04. The molecule has 0 amide bonds. The maximum absolute atomic E-state index is 3.42. The van der Waals surface area contributed by atoms with E-state index in [4.69, 9.17) is 0 Å². The second-order valence-electron chi connectivity index (χ2n) is 4.42. The number of nitrogens with one attached hydrogen (secondary N) is 1. The molecule has 2 rings (SSSR count). The molecule has 1 N–H and O–H groups in total. The summed E-state index contributed by atoms with van der Waals surface area (Å²) in [5.41, 5.74) is 2.80. The SMILES string of the molecule is CNC(Cc1ccccc1C)c1ccc(C)s1. The van der Waals surface area contributed by atoms with Crippen LogP contribution in [0.15, 0.2) is 36.4 Å². The van der Waals surface area contributed by atoms with E-state index in [-0.39, 0.29) is 0 Å². The van der Waals surface area contributed by atoms with Crippen LogP contribution in [-0.4, -0.2) is 7.05 Å². The Morgan fingerprint density at radius 3 is 2.47 bits per heavy atom. The summed E-state index contributed by atoms with van der Waals surface area (Å²) in [6.07, 6.45) is 1.06. The highest BCUT2D eigenvalue weighted by Crippen LogP contribution is 2.26. The number of benzene rings is 1. The topological polar surface area (TPSA) is 12.0 Å². The minimum absolute atomic E-state index is 0.426. The van der Waals surface area contributed by atoms with Gasteiger partial charge in [0.1, 0.15) is 0 Å². The molecule has 1 aromatic carbocycles. The summed E-state index contributed by atoms with van der Waals surface area (Å²) in [7, 11) is 2.04. The summed E-state index contributed by atoms with van der Waals surface area (Å²) in [6, 6.07) is 13.5. The summed E-state index contributed by atoms with van der Waals surface area (Å²) in [6.45, 7) is 4.34. The first kappa shape index (κ1) is 12.3. The first-order valence-corrected chi connectivity index (χ1v) is 6.80. The number of thiophene rings is 1. The van der Waals surface area contributed by atoms with Crippen LogP contribution < -0.4 is 5.32 Å². The zero-order valence-electron chi connectivity index (χ0n) is 10.7. The van der Waals surface area contributed by atoms with E-state index >= 15 is 0 Å². The molecule has 1 nitrogen and oxygen atoms in total. The van der Waals surface area contributed by atoms with Crippen molar-refractivity contribution < 1.29 is 0 Å². The van der Waals surface area contributed by atoms with Crippen LogP contribution in [-0.2, 0) is 6.42 Å². The van der Waals surface area contributed by atoms with Gasteiger partial charge in [-0.3, -0.25) is 0 Å². The van der Waals surface area contributed by atoms with Crippen molar-refractivity contribution in [2.75, 3.05) is 7.05 Å². The molecule has 1 aromatic heterocycles. The summed E-state index contributed by atoms with van der Waals surface area (Å²) in [5.74, 6) is 0. The second-order valence-corrected chi connectivity index (χ2v) is 5.74. The maximum atomic E-state index is 3.42. The number of aryl methyl sites for hydroxylation is 2. The normalized spacial score (nSPS) is 12.6. The molecule has 0 fully saturated rings. The lowest BCUT2D eigenvalue weighted by atomic mass is 10.0. The highest BCUT2D eigenvalue weighted by Gasteiger charge is 2.12. The third-order valence-corrected chi connectivity index (χ3v) is 4.25. The van der Waals surface area contributed by atoms with Crippen LogP contribution in [0, 0.1) is 13.8 Å². The van der Waals surface area contributed by atoms with Crippen LogP contribution in [0.1, 0.15) is 26.9 Å². The fourth-order valence-corrected chi connectivity index (χ4v) is 3.03. The molecule has 0 aliphatic rings. The largest absolute Gasteiger partial charge is 0.312 e. The van der Waals surface area contributed by atoms with Crippen molar-refractivity contribution in [3.05, 3.63) is 57.3 Å². The van der Waals surface area contributed by atoms with Crippen molar-refractivity contribution in [3.63, 3.8) is 0 Å². The zero-order valence-corrected chi connectivity index (χ0v) is 11.5. The molecule has 0 aliphatic heterocycles. The van der Waals surface area contributed by atoms with Crippen molar-refractivity contribution in [1.29, 1.82) is 0 Å². The van der Waals surface area contributed by atoms with Gasteiger partial charge in [0.05, 0.1) is 0 Å². The van der Waals surface area contributed by atoms with Gasteiger partial charge in [-0.1, -0.05) is 24.3 Å². The number of likely N-dealkylation sites (N-methyl/N-ethyl adjacent to an activating group) is 1. The lowest BCUT2D eigenvalue weighted by Gasteiger charge is -2.16. The van der Waals surface area contributed by atoms with E-state index in [1.165, 1.54) is 20.9 Å². The van der Waals surface area contributed by atoms with Crippen molar-refractivity contribution >= 4 is 11.3 Å². The van der Waals surface area contributed by atoms with E-state index in [1.54, 1.807) is 0 Å². The molecule has 0 radical (unpaired) electrons. The van der Waals surface area contributed by atoms with Gasteiger partial charge in [-0.2, -0.15) is 0 Å². The molecule has 17 heavy (non-hydrogen) atoms. The summed E-state index contributed by atoms with van der Waals surface area (Å²) in [4.78, 5) is 2.80. The molecule has 1 unspecified atom stereocenters. The van der Waals surface area contributed by atoms with Gasteiger partial charge in [-0.15, -0.1) is 11.3 Å². The smallest absolute Gasteiger partial charge is 0.0453 e. The van der Waals surface area contributed by atoms with Crippen LogP contribution in [0.4, 0.5) is 0 Å². The van der Waals surface area contributed by atoms with E-state index in [2.05, 4.69) is 55.6 Å². The van der Waals surface area contributed by atoms with Crippen LogP contribution in [0.2, 0.25) is 0 Å². The standard InChI is InChI=1S/C15H19NS/c1-11-6-4-5-7-13(11)10-14(16-3)15-9-8-12(2)17-15/h4-9,14,16H,10H2,1-3H3. The third kappa shape index (κ3) is 2.96. The average molecular weight is 245 g/mol. The highest BCUT2D eigenvalue weighted by molar-refractivity contribution is 7.12. The minimum Gasteiger partial charge on any atom is -0.312 e. The molecule has 0 aliphatic carbocycles. The predicted octanol–water partition coefficient (Wildman–Crippen LogP) is 3.87. The fraction of sp³-hybridized carbons (Fsp3) is 0.333. The van der Waals surface area contributed by atoms with Gasteiger partial charge in [0.15, 0.2) is 0 Å². The Hall–Kier alpha value is -1.12. The average Bonchev–Trinajstić information content (AvgIpc) is 2.75. The van der Waals surface area contributed by atoms with E-state index in [1.807, 2.05) is 18.4 Å². The first-order valence-electron chi connectivity index (χ1n) is 5.99. The molecule has 0 saturated carbocycles. The van der Waals surface area contributed by atoms with Gasteiger partial charge >= 0.3 is 0 Å². The molecule has 0 saturated heterocycles. The number of hydrogen-bond donors (Lipinski definition) is 1. The molecule has 1 atom stereocenters. The Labute approximate surface area is 108 Å². The van der Waals surface area contributed by atoms with Gasteiger partial charge in [0, 0.05) is 15.8 Å². The van der Waals surface area contributed by atoms with Gasteiger partial charge in [0.2, 0.25) is 0 Å².